The Labute approximate surface area is 167 Å². The molecule has 4 rings (SSSR count). The number of rotatable bonds is 6. The zero-order valence-electron chi connectivity index (χ0n) is 16.4. The summed E-state index contributed by atoms with van der Waals surface area (Å²) >= 11 is 0. The lowest BCUT2D eigenvalue weighted by atomic mass is 10.0. The number of ether oxygens (including phenoxy) is 1. The summed E-state index contributed by atoms with van der Waals surface area (Å²) in [5, 5.41) is 7.02. The van der Waals surface area contributed by atoms with Gasteiger partial charge in [0, 0.05) is 32.1 Å². The third kappa shape index (κ3) is 3.77. The Balaban J connectivity index is 1.65. The lowest BCUT2D eigenvalue weighted by Crippen LogP contribution is -2.27. The van der Waals surface area contributed by atoms with Gasteiger partial charge in [-0.15, -0.1) is 0 Å². The van der Waals surface area contributed by atoms with Gasteiger partial charge in [0.25, 0.3) is 5.91 Å². The number of carbonyl (C=O) groups is 1. The first-order valence-electron chi connectivity index (χ1n) is 9.58. The highest BCUT2D eigenvalue weighted by Gasteiger charge is 2.29. The molecular weight excluding hydrogens is 375 g/mol. The van der Waals surface area contributed by atoms with Crippen molar-refractivity contribution >= 4 is 17.4 Å². The van der Waals surface area contributed by atoms with Gasteiger partial charge >= 0.3 is 0 Å². The Morgan fingerprint density at radius 3 is 3.10 bits per heavy atom. The average Bonchev–Trinajstić information content (AvgIpc) is 3.36. The zero-order valence-corrected chi connectivity index (χ0v) is 16.4. The lowest BCUT2D eigenvalue weighted by molar-refractivity contribution is 0.0938. The standard InChI is InChI=1S/C20H23FN6O2/c1-13-15(10-14(21)11-23-13)17-4-3-7-26(17)18-5-8-27-19(25-18)16(12-24-27)20(28)22-6-9-29-2/h5,8,10-12,17H,3-4,6-7,9H2,1-2H3,(H,22,28)/t17-/m1/s1. The number of hydrogen-bond donors (Lipinski definition) is 1. The van der Waals surface area contributed by atoms with E-state index >= 15 is 0 Å². The first-order valence-corrected chi connectivity index (χ1v) is 9.58. The van der Waals surface area contributed by atoms with E-state index in [1.807, 2.05) is 13.0 Å². The monoisotopic (exact) mass is 398 g/mol. The van der Waals surface area contributed by atoms with Gasteiger partial charge in [0.1, 0.15) is 17.2 Å². The summed E-state index contributed by atoms with van der Waals surface area (Å²) in [6, 6.07) is 3.42. The molecule has 0 radical (unpaired) electrons. The first-order chi connectivity index (χ1) is 14.1. The van der Waals surface area contributed by atoms with Crippen LogP contribution >= 0.6 is 0 Å². The molecule has 1 fully saturated rings. The van der Waals surface area contributed by atoms with E-state index in [0.29, 0.717) is 24.4 Å². The van der Waals surface area contributed by atoms with Gasteiger partial charge in [-0.2, -0.15) is 5.10 Å². The zero-order chi connectivity index (χ0) is 20.4. The van der Waals surface area contributed by atoms with Crippen LogP contribution in [0.2, 0.25) is 0 Å². The fourth-order valence-electron chi connectivity index (χ4n) is 3.77. The molecular formula is C20H23FN6O2. The molecule has 1 N–H and O–H groups in total. The molecule has 1 saturated heterocycles. The Hall–Kier alpha value is -3.07. The molecule has 1 aliphatic rings. The van der Waals surface area contributed by atoms with Gasteiger partial charge in [-0.3, -0.25) is 9.78 Å². The maximum atomic E-state index is 13.8. The van der Waals surface area contributed by atoms with Crippen molar-refractivity contribution in [2.24, 2.45) is 0 Å². The van der Waals surface area contributed by atoms with Crippen molar-refractivity contribution in [3.8, 4) is 0 Å². The van der Waals surface area contributed by atoms with Crippen molar-refractivity contribution in [1.29, 1.82) is 0 Å². The minimum atomic E-state index is -0.341. The summed E-state index contributed by atoms with van der Waals surface area (Å²) in [6.45, 7) is 3.53. The van der Waals surface area contributed by atoms with Crippen LogP contribution in [-0.2, 0) is 4.74 Å². The second-order valence-corrected chi connectivity index (χ2v) is 7.04. The van der Waals surface area contributed by atoms with Crippen LogP contribution in [0.5, 0.6) is 0 Å². The molecule has 0 spiro atoms. The van der Waals surface area contributed by atoms with Gasteiger partial charge in [0.15, 0.2) is 5.65 Å². The van der Waals surface area contributed by atoms with E-state index in [1.54, 1.807) is 23.9 Å². The van der Waals surface area contributed by atoms with Crippen LogP contribution in [0, 0.1) is 12.7 Å². The number of pyridine rings is 1. The van der Waals surface area contributed by atoms with Crippen molar-refractivity contribution in [3.63, 3.8) is 0 Å². The van der Waals surface area contributed by atoms with Crippen LogP contribution in [0.3, 0.4) is 0 Å². The number of fused-ring (bicyclic) bond motifs is 1. The molecule has 0 aromatic carbocycles. The summed E-state index contributed by atoms with van der Waals surface area (Å²) in [5.41, 5.74) is 2.57. The molecule has 29 heavy (non-hydrogen) atoms. The van der Waals surface area contributed by atoms with Crippen molar-refractivity contribution < 1.29 is 13.9 Å². The second-order valence-electron chi connectivity index (χ2n) is 7.04. The van der Waals surface area contributed by atoms with E-state index in [-0.39, 0.29) is 17.8 Å². The minimum absolute atomic E-state index is 0.00458. The van der Waals surface area contributed by atoms with Crippen molar-refractivity contribution in [3.05, 3.63) is 53.4 Å². The second kappa shape index (κ2) is 8.12. The van der Waals surface area contributed by atoms with E-state index in [2.05, 4.69) is 20.3 Å². The summed E-state index contributed by atoms with van der Waals surface area (Å²) in [6.07, 6.45) is 6.40. The van der Waals surface area contributed by atoms with Crippen LogP contribution < -0.4 is 10.2 Å². The van der Waals surface area contributed by atoms with E-state index in [4.69, 9.17) is 9.72 Å². The molecule has 9 heteroatoms. The van der Waals surface area contributed by atoms with Crippen LogP contribution in [0.1, 0.15) is 40.5 Å². The lowest BCUT2D eigenvalue weighted by Gasteiger charge is -2.27. The van der Waals surface area contributed by atoms with Crippen molar-refractivity contribution in [2.45, 2.75) is 25.8 Å². The van der Waals surface area contributed by atoms with Gasteiger partial charge in [0.2, 0.25) is 0 Å². The third-order valence-electron chi connectivity index (χ3n) is 5.19. The first kappa shape index (κ1) is 19.3. The summed E-state index contributed by atoms with van der Waals surface area (Å²) in [5.74, 6) is 0.145. The fraction of sp³-hybridized carbons (Fsp3) is 0.400. The SMILES string of the molecule is COCCNC(=O)c1cnn2ccc(N3CCC[C@@H]3c3cc(F)cnc3C)nc12. The molecule has 8 nitrogen and oxygen atoms in total. The number of nitrogens with zero attached hydrogens (tertiary/aromatic N) is 5. The van der Waals surface area contributed by atoms with Crippen molar-refractivity contribution in [2.75, 3.05) is 31.7 Å². The molecule has 3 aromatic rings. The summed E-state index contributed by atoms with van der Waals surface area (Å²) < 4.78 is 20.3. The van der Waals surface area contributed by atoms with Crippen LogP contribution in [0.15, 0.2) is 30.7 Å². The number of anilines is 1. The number of methoxy groups -OCH3 is 1. The van der Waals surface area contributed by atoms with E-state index in [1.165, 1.54) is 12.4 Å². The minimum Gasteiger partial charge on any atom is -0.383 e. The molecule has 0 saturated carbocycles. The predicted octanol–water partition coefficient (Wildman–Crippen LogP) is 2.29. The van der Waals surface area contributed by atoms with Crippen LogP contribution in [0.25, 0.3) is 5.65 Å². The smallest absolute Gasteiger partial charge is 0.256 e. The fourth-order valence-corrected chi connectivity index (χ4v) is 3.77. The molecule has 3 aromatic heterocycles. The predicted molar refractivity (Wildman–Crippen MR) is 105 cm³/mol. The molecule has 0 unspecified atom stereocenters. The highest BCUT2D eigenvalue weighted by Crippen LogP contribution is 2.36. The summed E-state index contributed by atoms with van der Waals surface area (Å²) in [4.78, 5) is 23.5. The van der Waals surface area contributed by atoms with Gasteiger partial charge in [-0.1, -0.05) is 0 Å². The number of amides is 1. The van der Waals surface area contributed by atoms with E-state index in [0.717, 1.165) is 36.5 Å². The maximum Gasteiger partial charge on any atom is 0.256 e. The highest BCUT2D eigenvalue weighted by atomic mass is 19.1. The highest BCUT2D eigenvalue weighted by molar-refractivity contribution is 5.99. The van der Waals surface area contributed by atoms with E-state index < -0.39 is 0 Å². The number of hydrogen-bond acceptors (Lipinski definition) is 6. The van der Waals surface area contributed by atoms with Crippen LogP contribution in [-0.4, -0.2) is 52.3 Å². The largest absolute Gasteiger partial charge is 0.383 e. The molecule has 0 bridgehead atoms. The van der Waals surface area contributed by atoms with Crippen molar-refractivity contribution in [1.82, 2.24) is 24.9 Å². The average molecular weight is 398 g/mol. The summed E-state index contributed by atoms with van der Waals surface area (Å²) in [7, 11) is 1.58. The normalized spacial score (nSPS) is 16.5. The van der Waals surface area contributed by atoms with Gasteiger partial charge in [-0.05, 0) is 37.5 Å². The van der Waals surface area contributed by atoms with Gasteiger partial charge in [-0.25, -0.2) is 13.9 Å². The molecule has 0 aliphatic carbocycles. The topological polar surface area (TPSA) is 84.6 Å². The number of aromatic nitrogens is 4. The maximum absolute atomic E-state index is 13.8. The molecule has 4 heterocycles. The Morgan fingerprint density at radius 1 is 1.41 bits per heavy atom. The Bertz CT molecular complexity index is 1040. The third-order valence-corrected chi connectivity index (χ3v) is 5.19. The molecule has 1 atom stereocenters. The van der Waals surface area contributed by atoms with E-state index in [9.17, 15) is 9.18 Å². The number of aryl methyl sites for hydroxylation is 1. The molecule has 1 aliphatic heterocycles. The quantitative estimate of drug-likeness (QED) is 0.642. The number of carbonyl (C=O) groups excluding carboxylic acids is 1. The van der Waals surface area contributed by atoms with Crippen LogP contribution in [0.4, 0.5) is 10.2 Å². The van der Waals surface area contributed by atoms with Gasteiger partial charge < -0.3 is 15.0 Å². The Morgan fingerprint density at radius 2 is 2.28 bits per heavy atom. The Kier molecular flexibility index (Phi) is 5.39. The molecule has 1 amide bonds. The van der Waals surface area contributed by atoms with Gasteiger partial charge in [0.05, 0.1) is 25.0 Å². The number of halogens is 1. The molecule has 152 valence electrons. The number of nitrogens with one attached hydrogen (secondary N) is 1.